The minimum atomic E-state index is -0.817. The summed E-state index contributed by atoms with van der Waals surface area (Å²) in [5.41, 5.74) is 4.78. The first-order chi connectivity index (χ1) is 5.09. The third-order valence-corrected chi connectivity index (χ3v) is 0.933. The second-order valence-corrected chi connectivity index (χ2v) is 1.86. The molecule has 0 aliphatic rings. The molecular formula is C6H16N2O3. The molecule has 68 valence electrons. The summed E-state index contributed by atoms with van der Waals surface area (Å²) in [6, 6.07) is -0.431. The van der Waals surface area contributed by atoms with Gasteiger partial charge in [0.05, 0.1) is 6.61 Å². The van der Waals surface area contributed by atoms with Crippen LogP contribution in [0.2, 0.25) is 0 Å². The molecule has 0 fully saturated rings. The van der Waals surface area contributed by atoms with E-state index in [1.54, 1.807) is 14.0 Å². The standard InChI is InChI=1S/C4H9NO2.C2H7NO/c1-3(5-2)4(6)7;3-1-2-4/h3,5H,1-2H3,(H,6,7);4H,1-3H2. The summed E-state index contributed by atoms with van der Waals surface area (Å²) in [5.74, 6) is -0.817. The number of aliphatic hydroxyl groups excluding tert-OH is 1. The second-order valence-electron chi connectivity index (χ2n) is 1.86. The van der Waals surface area contributed by atoms with E-state index in [1.807, 2.05) is 0 Å². The molecule has 0 rings (SSSR count). The topological polar surface area (TPSA) is 95.6 Å². The van der Waals surface area contributed by atoms with Crippen LogP contribution >= 0.6 is 0 Å². The molecular weight excluding hydrogens is 148 g/mol. The van der Waals surface area contributed by atoms with Crippen LogP contribution in [0, 0.1) is 0 Å². The van der Waals surface area contributed by atoms with E-state index in [9.17, 15) is 4.79 Å². The first-order valence-electron chi connectivity index (χ1n) is 3.31. The monoisotopic (exact) mass is 164 g/mol. The van der Waals surface area contributed by atoms with Gasteiger partial charge < -0.3 is 21.3 Å². The summed E-state index contributed by atoms with van der Waals surface area (Å²) in [6.07, 6.45) is 0. The fraction of sp³-hybridized carbons (Fsp3) is 0.833. The number of carboxylic acid groups (broad SMARTS) is 1. The predicted octanol–water partition coefficient (Wildman–Crippen LogP) is -1.38. The predicted molar refractivity (Wildman–Crippen MR) is 42.3 cm³/mol. The molecule has 0 radical (unpaired) electrons. The minimum absolute atomic E-state index is 0.0972. The van der Waals surface area contributed by atoms with Crippen molar-refractivity contribution in [3.8, 4) is 0 Å². The number of aliphatic hydroxyl groups is 1. The number of likely N-dealkylation sites (N-methyl/N-ethyl adjacent to an activating group) is 1. The largest absolute Gasteiger partial charge is 0.480 e. The average Bonchev–Trinajstić information content (AvgIpc) is 2.03. The summed E-state index contributed by atoms with van der Waals surface area (Å²) in [4.78, 5) is 9.87. The highest BCUT2D eigenvalue weighted by Gasteiger charge is 2.04. The Morgan fingerprint density at radius 3 is 2.09 bits per heavy atom. The molecule has 1 unspecified atom stereocenters. The van der Waals surface area contributed by atoms with Crippen LogP contribution in [-0.4, -0.2) is 42.4 Å². The lowest BCUT2D eigenvalue weighted by Crippen LogP contribution is -2.29. The van der Waals surface area contributed by atoms with Crippen molar-refractivity contribution in [2.24, 2.45) is 5.73 Å². The number of hydrogen-bond donors (Lipinski definition) is 4. The highest BCUT2D eigenvalue weighted by Crippen LogP contribution is 1.74. The molecule has 0 saturated carbocycles. The number of nitrogens with two attached hydrogens (primary N) is 1. The summed E-state index contributed by atoms with van der Waals surface area (Å²) in [7, 11) is 1.61. The molecule has 11 heavy (non-hydrogen) atoms. The van der Waals surface area contributed by atoms with Crippen LogP contribution in [0.15, 0.2) is 0 Å². The van der Waals surface area contributed by atoms with Crippen molar-refractivity contribution in [3.63, 3.8) is 0 Å². The van der Waals surface area contributed by atoms with Gasteiger partial charge in [-0.3, -0.25) is 4.79 Å². The van der Waals surface area contributed by atoms with Crippen molar-refractivity contribution in [1.29, 1.82) is 0 Å². The summed E-state index contributed by atoms with van der Waals surface area (Å²) in [6.45, 7) is 2.06. The first kappa shape index (κ1) is 13.0. The zero-order valence-corrected chi connectivity index (χ0v) is 6.87. The van der Waals surface area contributed by atoms with E-state index in [-0.39, 0.29) is 6.61 Å². The van der Waals surface area contributed by atoms with Gasteiger partial charge in [0.1, 0.15) is 6.04 Å². The van der Waals surface area contributed by atoms with Crippen molar-refractivity contribution in [2.75, 3.05) is 20.2 Å². The third kappa shape index (κ3) is 12.5. The number of aliphatic carboxylic acids is 1. The van der Waals surface area contributed by atoms with Gasteiger partial charge in [0.25, 0.3) is 0 Å². The van der Waals surface area contributed by atoms with Gasteiger partial charge in [-0.1, -0.05) is 0 Å². The Labute approximate surface area is 66.2 Å². The fourth-order valence-electron chi connectivity index (χ4n) is 0.123. The summed E-state index contributed by atoms with van der Waals surface area (Å²) < 4.78 is 0. The van der Waals surface area contributed by atoms with Crippen molar-refractivity contribution in [3.05, 3.63) is 0 Å². The van der Waals surface area contributed by atoms with E-state index in [2.05, 4.69) is 5.32 Å². The average molecular weight is 164 g/mol. The maximum atomic E-state index is 9.87. The maximum Gasteiger partial charge on any atom is 0.320 e. The molecule has 0 spiro atoms. The SMILES string of the molecule is CNC(C)C(=O)O.NCCO. The lowest BCUT2D eigenvalue weighted by molar-refractivity contribution is -0.138. The summed E-state index contributed by atoms with van der Waals surface area (Å²) >= 11 is 0. The van der Waals surface area contributed by atoms with Crippen LogP contribution in [0.3, 0.4) is 0 Å². The van der Waals surface area contributed by atoms with E-state index in [0.717, 1.165) is 0 Å². The summed E-state index contributed by atoms with van der Waals surface area (Å²) in [5, 5.41) is 18.4. The molecule has 0 aromatic carbocycles. The minimum Gasteiger partial charge on any atom is -0.480 e. The zero-order valence-electron chi connectivity index (χ0n) is 6.87. The van der Waals surface area contributed by atoms with E-state index in [0.29, 0.717) is 6.54 Å². The molecule has 0 aromatic rings. The molecule has 5 N–H and O–H groups in total. The van der Waals surface area contributed by atoms with Gasteiger partial charge in [0.2, 0.25) is 0 Å². The van der Waals surface area contributed by atoms with Crippen molar-refractivity contribution in [1.82, 2.24) is 5.32 Å². The van der Waals surface area contributed by atoms with Gasteiger partial charge in [0, 0.05) is 6.54 Å². The Hall–Kier alpha value is -0.650. The van der Waals surface area contributed by atoms with Gasteiger partial charge in [-0.2, -0.15) is 0 Å². The van der Waals surface area contributed by atoms with E-state index >= 15 is 0 Å². The molecule has 0 aliphatic carbocycles. The van der Waals surface area contributed by atoms with Crippen LogP contribution in [0.4, 0.5) is 0 Å². The Morgan fingerprint density at radius 1 is 1.73 bits per heavy atom. The lowest BCUT2D eigenvalue weighted by atomic mass is 10.4. The van der Waals surface area contributed by atoms with Crippen molar-refractivity contribution < 1.29 is 15.0 Å². The van der Waals surface area contributed by atoms with Gasteiger partial charge in [-0.05, 0) is 14.0 Å². The van der Waals surface area contributed by atoms with Crippen LogP contribution in [0.25, 0.3) is 0 Å². The Morgan fingerprint density at radius 2 is 2.09 bits per heavy atom. The van der Waals surface area contributed by atoms with Crippen LogP contribution < -0.4 is 11.1 Å². The van der Waals surface area contributed by atoms with Crippen molar-refractivity contribution >= 4 is 5.97 Å². The van der Waals surface area contributed by atoms with E-state index < -0.39 is 12.0 Å². The van der Waals surface area contributed by atoms with Gasteiger partial charge >= 0.3 is 5.97 Å². The molecule has 5 nitrogen and oxygen atoms in total. The smallest absolute Gasteiger partial charge is 0.320 e. The highest BCUT2D eigenvalue weighted by molar-refractivity contribution is 5.72. The zero-order chi connectivity index (χ0) is 9.28. The molecule has 1 atom stereocenters. The third-order valence-electron chi connectivity index (χ3n) is 0.933. The van der Waals surface area contributed by atoms with E-state index in [1.165, 1.54) is 0 Å². The maximum absolute atomic E-state index is 9.87. The van der Waals surface area contributed by atoms with Crippen molar-refractivity contribution in [2.45, 2.75) is 13.0 Å². The number of nitrogens with one attached hydrogen (secondary N) is 1. The number of rotatable bonds is 3. The van der Waals surface area contributed by atoms with Gasteiger partial charge in [-0.15, -0.1) is 0 Å². The Balaban J connectivity index is 0. The Bertz CT molecular complexity index is 95.8. The quantitative estimate of drug-likeness (QED) is 0.412. The van der Waals surface area contributed by atoms with Gasteiger partial charge in [0.15, 0.2) is 0 Å². The molecule has 0 amide bonds. The number of carbonyl (C=O) groups is 1. The van der Waals surface area contributed by atoms with Crippen LogP contribution in [-0.2, 0) is 4.79 Å². The Kier molecular flexibility index (Phi) is 11.0. The molecule has 0 heterocycles. The first-order valence-corrected chi connectivity index (χ1v) is 3.31. The second kappa shape index (κ2) is 9.35. The normalized spacial score (nSPS) is 11.3. The van der Waals surface area contributed by atoms with Crippen LogP contribution in [0.5, 0.6) is 0 Å². The lowest BCUT2D eigenvalue weighted by Gasteiger charge is -1.99. The van der Waals surface area contributed by atoms with Crippen LogP contribution in [0.1, 0.15) is 6.92 Å². The number of carboxylic acids is 1. The van der Waals surface area contributed by atoms with Gasteiger partial charge in [-0.25, -0.2) is 0 Å². The highest BCUT2D eigenvalue weighted by atomic mass is 16.4. The van der Waals surface area contributed by atoms with E-state index in [4.69, 9.17) is 15.9 Å². The number of hydrogen-bond acceptors (Lipinski definition) is 4. The molecule has 5 heteroatoms. The molecule has 0 aliphatic heterocycles. The fourth-order valence-corrected chi connectivity index (χ4v) is 0.123. The molecule has 0 bridgehead atoms. The molecule has 0 saturated heterocycles. The molecule has 0 aromatic heterocycles.